The lowest BCUT2D eigenvalue weighted by atomic mass is 9.85. The van der Waals surface area contributed by atoms with Gasteiger partial charge in [0.2, 0.25) is 17.6 Å². The van der Waals surface area contributed by atoms with Crippen LogP contribution in [-0.2, 0) is 23.9 Å². The van der Waals surface area contributed by atoms with Gasteiger partial charge >= 0.3 is 12.1 Å². The van der Waals surface area contributed by atoms with E-state index in [1.807, 2.05) is 69.2 Å². The Bertz CT molecular complexity index is 1150. The van der Waals surface area contributed by atoms with Gasteiger partial charge in [-0.25, -0.2) is 9.59 Å². The number of amides is 6. The summed E-state index contributed by atoms with van der Waals surface area (Å²) < 4.78 is 5.18. The highest BCUT2D eigenvalue weighted by molar-refractivity contribution is 6.38. The summed E-state index contributed by atoms with van der Waals surface area (Å²) in [7, 11) is 0. The first-order valence-electron chi connectivity index (χ1n) is 17.7. The van der Waals surface area contributed by atoms with Crippen molar-refractivity contribution in [2.75, 3.05) is 32.8 Å². The highest BCUT2D eigenvalue weighted by Crippen LogP contribution is 2.32. The molecule has 0 bridgehead atoms. The second-order valence-electron chi connectivity index (χ2n) is 15.8. The largest absolute Gasteiger partial charge is 0.449 e. The second-order valence-corrected chi connectivity index (χ2v) is 15.8. The van der Waals surface area contributed by atoms with Crippen LogP contribution in [0.2, 0.25) is 0 Å². The number of hydrogen-bond acceptors (Lipinski definition) is 7. The number of carbonyl (C=O) groups excluding carboxylic acids is 6. The summed E-state index contributed by atoms with van der Waals surface area (Å²) in [5, 5.41) is 11.3. The van der Waals surface area contributed by atoms with Crippen molar-refractivity contribution in [3.63, 3.8) is 0 Å². The number of hydrogen-bond donors (Lipinski definition) is 4. The van der Waals surface area contributed by atoms with E-state index in [-0.39, 0.29) is 18.4 Å². The van der Waals surface area contributed by atoms with Crippen molar-refractivity contribution in [3.05, 3.63) is 0 Å². The van der Waals surface area contributed by atoms with Gasteiger partial charge in [0, 0.05) is 26.2 Å². The van der Waals surface area contributed by atoms with Crippen molar-refractivity contribution >= 4 is 35.6 Å². The fourth-order valence-corrected chi connectivity index (χ4v) is 5.94. The highest BCUT2D eigenvalue weighted by atomic mass is 16.6. The van der Waals surface area contributed by atoms with Crippen LogP contribution in [0.4, 0.5) is 9.59 Å². The average Bonchev–Trinajstić information content (AvgIpc) is 3.46. The number of nitrogens with one attached hydrogen (secondary N) is 4. The molecule has 0 spiro atoms. The van der Waals surface area contributed by atoms with Gasteiger partial charge in [0.1, 0.15) is 12.1 Å². The molecule has 274 valence electrons. The third kappa shape index (κ3) is 11.6. The molecule has 5 atom stereocenters. The minimum absolute atomic E-state index is 0.0198. The first-order valence-corrected chi connectivity index (χ1v) is 17.7. The Morgan fingerprint density at radius 3 is 2.15 bits per heavy atom. The predicted molar refractivity (Wildman–Crippen MR) is 184 cm³/mol. The molecule has 0 aromatic heterocycles. The molecule has 13 heteroatoms. The minimum atomic E-state index is -1.00. The zero-order valence-electron chi connectivity index (χ0n) is 31.0. The first-order chi connectivity index (χ1) is 22.3. The molecule has 0 aromatic rings. The molecule has 2 heterocycles. The molecule has 2 fully saturated rings. The summed E-state index contributed by atoms with van der Waals surface area (Å²) in [6.45, 7) is 21.2. The van der Waals surface area contributed by atoms with Crippen molar-refractivity contribution in [2.24, 2.45) is 22.7 Å². The predicted octanol–water partition coefficient (Wildman–Crippen LogP) is 3.60. The molecule has 0 aromatic carbocycles. The average molecular weight is 679 g/mol. The molecule has 2 aliphatic rings. The maximum Gasteiger partial charge on any atom is 0.409 e. The van der Waals surface area contributed by atoms with Crippen LogP contribution in [0.5, 0.6) is 0 Å². The van der Waals surface area contributed by atoms with E-state index < -0.39 is 70.6 Å². The van der Waals surface area contributed by atoms with Gasteiger partial charge in [0.15, 0.2) is 0 Å². The molecule has 1 unspecified atom stereocenters. The molecule has 2 saturated heterocycles. The number of likely N-dealkylation sites (tertiary alicyclic amines) is 1. The third-order valence-electron chi connectivity index (χ3n) is 9.30. The molecule has 2 aliphatic heterocycles. The summed E-state index contributed by atoms with van der Waals surface area (Å²) in [5.41, 5.74) is -1.14. The van der Waals surface area contributed by atoms with Gasteiger partial charge in [0.05, 0.1) is 18.7 Å². The summed E-state index contributed by atoms with van der Waals surface area (Å²) in [6, 6.07) is -3.86. The monoisotopic (exact) mass is 678 g/mol. The fourth-order valence-electron chi connectivity index (χ4n) is 5.94. The minimum Gasteiger partial charge on any atom is -0.449 e. The van der Waals surface area contributed by atoms with Crippen LogP contribution in [0.25, 0.3) is 0 Å². The van der Waals surface area contributed by atoms with Crippen molar-refractivity contribution in [1.29, 1.82) is 0 Å². The van der Waals surface area contributed by atoms with E-state index in [9.17, 15) is 28.8 Å². The maximum atomic E-state index is 14.4. The zero-order chi connectivity index (χ0) is 36.4. The van der Waals surface area contributed by atoms with Crippen LogP contribution in [0.15, 0.2) is 0 Å². The van der Waals surface area contributed by atoms with Gasteiger partial charge in [-0.1, -0.05) is 82.1 Å². The Labute approximate surface area is 287 Å². The number of rotatable bonds is 15. The van der Waals surface area contributed by atoms with E-state index in [0.29, 0.717) is 58.3 Å². The topological polar surface area (TPSA) is 166 Å². The zero-order valence-corrected chi connectivity index (χ0v) is 31.0. The standard InChI is InChI=1S/C35H62N6O7/c1-11-13-15-24(27(42)30(44)36-16-12-2)37-29(43)25-19-23(22(3)4)20-41(25)31(45)28(35(8,9)10)39-32(46)38-26(34(5,6)7)21-40-17-14-18-48-33(40)47/h22-26,28H,11-21H2,1-10H3,(H,36,44)(H,37,43)(H2,38,39,46)/t23-,24?,25+,26-,28-/m1/s1. The Kier molecular flexibility index (Phi) is 15.2. The number of unbranched alkanes of at least 4 members (excludes halogenated alkanes) is 1. The number of Topliss-reactive ketones (excluding diaryl/α,β-unsaturated/α-hetero) is 1. The lowest BCUT2D eigenvalue weighted by molar-refractivity contribution is -0.143. The molecule has 0 saturated carbocycles. The van der Waals surface area contributed by atoms with Gasteiger partial charge in [-0.3, -0.25) is 19.2 Å². The molecule has 6 amide bonds. The summed E-state index contributed by atoms with van der Waals surface area (Å²) in [5.74, 6) is -2.11. The Morgan fingerprint density at radius 1 is 0.938 bits per heavy atom. The summed E-state index contributed by atoms with van der Waals surface area (Å²) in [6.07, 6.45) is 3.08. The van der Waals surface area contributed by atoms with Crippen molar-refractivity contribution in [3.8, 4) is 0 Å². The Balaban J connectivity index is 2.30. The quantitative estimate of drug-likeness (QED) is 0.192. The molecular formula is C35H62N6O7. The van der Waals surface area contributed by atoms with Crippen LogP contribution < -0.4 is 21.3 Å². The van der Waals surface area contributed by atoms with Gasteiger partial charge in [-0.15, -0.1) is 0 Å². The summed E-state index contributed by atoms with van der Waals surface area (Å²) >= 11 is 0. The number of cyclic esters (lactones) is 1. The van der Waals surface area contributed by atoms with E-state index >= 15 is 0 Å². The van der Waals surface area contributed by atoms with Crippen LogP contribution in [0.1, 0.15) is 108 Å². The summed E-state index contributed by atoms with van der Waals surface area (Å²) in [4.78, 5) is 82.9. The van der Waals surface area contributed by atoms with E-state index in [1.54, 1.807) is 4.90 Å². The number of carbonyl (C=O) groups is 6. The molecule has 2 rings (SSSR count). The number of ketones is 1. The van der Waals surface area contributed by atoms with Gasteiger partial charge < -0.3 is 35.8 Å². The molecule has 0 aliphatic carbocycles. The first kappa shape index (κ1) is 40.8. The Hall–Kier alpha value is -3.38. The molecular weight excluding hydrogens is 616 g/mol. The van der Waals surface area contributed by atoms with Gasteiger partial charge in [-0.05, 0) is 48.3 Å². The van der Waals surface area contributed by atoms with Crippen LogP contribution in [-0.4, -0.2) is 102 Å². The fraction of sp³-hybridized carbons (Fsp3) is 0.829. The second kappa shape index (κ2) is 17.9. The number of urea groups is 1. The Morgan fingerprint density at radius 2 is 1.60 bits per heavy atom. The van der Waals surface area contributed by atoms with Crippen LogP contribution in [0, 0.1) is 22.7 Å². The molecule has 4 N–H and O–H groups in total. The third-order valence-corrected chi connectivity index (χ3v) is 9.30. The highest BCUT2D eigenvalue weighted by Gasteiger charge is 2.46. The smallest absolute Gasteiger partial charge is 0.409 e. The normalized spacial score (nSPS) is 20.4. The SMILES string of the molecule is CCCCC(NC(=O)[C@@H]1C[C@@H](C(C)C)CN1C(=O)[C@@H](NC(=O)N[C@H](CN1CCCOC1=O)C(C)(C)C)C(C)(C)C)C(=O)C(=O)NCCC. The maximum absolute atomic E-state index is 14.4. The van der Waals surface area contributed by atoms with Crippen LogP contribution in [0.3, 0.4) is 0 Å². The molecule has 0 radical (unpaired) electrons. The van der Waals surface area contributed by atoms with E-state index in [4.69, 9.17) is 4.74 Å². The molecule has 13 nitrogen and oxygen atoms in total. The van der Waals surface area contributed by atoms with Gasteiger partial charge in [-0.2, -0.15) is 0 Å². The van der Waals surface area contributed by atoms with Crippen molar-refractivity contribution in [1.82, 2.24) is 31.1 Å². The lowest BCUT2D eigenvalue weighted by Crippen LogP contribution is -2.62. The number of nitrogens with zero attached hydrogens (tertiary/aromatic N) is 2. The van der Waals surface area contributed by atoms with Gasteiger partial charge in [0.25, 0.3) is 5.91 Å². The van der Waals surface area contributed by atoms with Crippen LogP contribution >= 0.6 is 0 Å². The van der Waals surface area contributed by atoms with E-state index in [0.717, 1.165) is 6.42 Å². The van der Waals surface area contributed by atoms with Crippen molar-refractivity contribution in [2.45, 2.75) is 132 Å². The molecule has 48 heavy (non-hydrogen) atoms. The van der Waals surface area contributed by atoms with E-state index in [2.05, 4.69) is 21.3 Å². The number of ether oxygens (including phenoxy) is 1. The van der Waals surface area contributed by atoms with Crippen molar-refractivity contribution < 1.29 is 33.5 Å². The van der Waals surface area contributed by atoms with E-state index in [1.165, 1.54) is 4.90 Å². The lowest BCUT2D eigenvalue weighted by Gasteiger charge is -2.39.